The second-order valence-electron chi connectivity index (χ2n) is 5.01. The molecule has 0 saturated carbocycles. The van der Waals surface area contributed by atoms with Crippen LogP contribution in [0.15, 0.2) is 24.3 Å². The van der Waals surface area contributed by atoms with Crippen LogP contribution < -0.4 is 15.0 Å². The number of piperazine rings is 1. The standard InChI is InChI=1S/C14H23N3O3S/c1-15-6-11-21(18,19)17-9-7-16(8-10-17)13-4-3-5-14(12-13)20-2/h3-5,12,15H,6-11H2,1-2H3. The minimum atomic E-state index is -3.14. The van der Waals surface area contributed by atoms with Gasteiger partial charge in [-0.15, -0.1) is 0 Å². The topological polar surface area (TPSA) is 61.9 Å². The maximum absolute atomic E-state index is 12.1. The SMILES string of the molecule is CNCCS(=O)(=O)N1CCN(c2cccc(OC)c2)CC1. The Kier molecular flexibility index (Phi) is 5.44. The fourth-order valence-electron chi connectivity index (χ4n) is 2.39. The number of sulfonamides is 1. The molecule has 0 aliphatic carbocycles. The Morgan fingerprint density at radius 2 is 1.95 bits per heavy atom. The zero-order valence-electron chi connectivity index (χ0n) is 12.6. The largest absolute Gasteiger partial charge is 0.497 e. The molecule has 1 N–H and O–H groups in total. The summed E-state index contributed by atoms with van der Waals surface area (Å²) in [6.45, 7) is 2.95. The van der Waals surface area contributed by atoms with E-state index in [1.165, 1.54) is 0 Å². The highest BCUT2D eigenvalue weighted by Crippen LogP contribution is 2.22. The van der Waals surface area contributed by atoms with Crippen molar-refractivity contribution < 1.29 is 13.2 Å². The second-order valence-corrected chi connectivity index (χ2v) is 7.10. The highest BCUT2D eigenvalue weighted by Gasteiger charge is 2.26. The van der Waals surface area contributed by atoms with Crippen LogP contribution >= 0.6 is 0 Å². The van der Waals surface area contributed by atoms with Crippen molar-refractivity contribution in [1.29, 1.82) is 0 Å². The molecule has 21 heavy (non-hydrogen) atoms. The first-order chi connectivity index (χ1) is 10.1. The number of methoxy groups -OCH3 is 1. The maximum Gasteiger partial charge on any atom is 0.215 e. The molecule has 1 aliphatic rings. The van der Waals surface area contributed by atoms with E-state index in [2.05, 4.69) is 10.2 Å². The third kappa shape index (κ3) is 4.09. The third-order valence-corrected chi connectivity index (χ3v) is 5.53. The van der Waals surface area contributed by atoms with E-state index in [0.29, 0.717) is 32.7 Å². The highest BCUT2D eigenvalue weighted by atomic mass is 32.2. The molecule has 0 spiro atoms. The molecule has 0 atom stereocenters. The molecule has 1 fully saturated rings. The van der Waals surface area contributed by atoms with Gasteiger partial charge < -0.3 is 15.0 Å². The molecule has 1 saturated heterocycles. The lowest BCUT2D eigenvalue weighted by Gasteiger charge is -2.35. The van der Waals surface area contributed by atoms with Gasteiger partial charge in [0.25, 0.3) is 0 Å². The molecule has 0 radical (unpaired) electrons. The summed E-state index contributed by atoms with van der Waals surface area (Å²) in [7, 11) is 0.260. The fourth-order valence-corrected chi connectivity index (χ4v) is 3.83. The molecule has 118 valence electrons. The first kappa shape index (κ1) is 16.1. The van der Waals surface area contributed by atoms with Gasteiger partial charge in [-0.2, -0.15) is 4.31 Å². The molecule has 2 rings (SSSR count). The Morgan fingerprint density at radius 3 is 2.57 bits per heavy atom. The lowest BCUT2D eigenvalue weighted by atomic mass is 10.2. The Bertz CT molecular complexity index is 554. The quantitative estimate of drug-likeness (QED) is 0.822. The van der Waals surface area contributed by atoms with Crippen molar-refractivity contribution >= 4 is 15.7 Å². The van der Waals surface area contributed by atoms with Gasteiger partial charge in [-0.1, -0.05) is 6.07 Å². The number of anilines is 1. The van der Waals surface area contributed by atoms with Gasteiger partial charge in [0, 0.05) is 44.5 Å². The van der Waals surface area contributed by atoms with Crippen molar-refractivity contribution in [3.05, 3.63) is 24.3 Å². The highest BCUT2D eigenvalue weighted by molar-refractivity contribution is 7.89. The molecule has 6 nitrogen and oxygen atoms in total. The maximum atomic E-state index is 12.1. The summed E-state index contributed by atoms with van der Waals surface area (Å²) in [5.41, 5.74) is 1.07. The molecule has 0 amide bonds. The van der Waals surface area contributed by atoms with Crippen LogP contribution in [0.25, 0.3) is 0 Å². The Hall–Kier alpha value is -1.31. The molecular weight excluding hydrogens is 290 g/mol. The monoisotopic (exact) mass is 313 g/mol. The second kappa shape index (κ2) is 7.11. The van der Waals surface area contributed by atoms with Gasteiger partial charge >= 0.3 is 0 Å². The van der Waals surface area contributed by atoms with E-state index in [1.807, 2.05) is 24.3 Å². The number of benzene rings is 1. The molecule has 7 heteroatoms. The predicted octanol–water partition coefficient (Wildman–Crippen LogP) is 0.366. The van der Waals surface area contributed by atoms with Gasteiger partial charge in [0.1, 0.15) is 5.75 Å². The number of ether oxygens (including phenoxy) is 1. The van der Waals surface area contributed by atoms with E-state index >= 15 is 0 Å². The van der Waals surface area contributed by atoms with Crippen LogP contribution in [0.5, 0.6) is 5.75 Å². The summed E-state index contributed by atoms with van der Waals surface area (Å²) >= 11 is 0. The minimum Gasteiger partial charge on any atom is -0.497 e. The van der Waals surface area contributed by atoms with Crippen LogP contribution in [0.4, 0.5) is 5.69 Å². The van der Waals surface area contributed by atoms with Crippen molar-refractivity contribution in [2.24, 2.45) is 0 Å². The van der Waals surface area contributed by atoms with Gasteiger partial charge in [0.05, 0.1) is 12.9 Å². The number of rotatable bonds is 6. The van der Waals surface area contributed by atoms with Gasteiger partial charge in [-0.05, 0) is 19.2 Å². The molecule has 1 aromatic carbocycles. The summed E-state index contributed by atoms with van der Waals surface area (Å²) in [6.07, 6.45) is 0. The minimum absolute atomic E-state index is 0.155. The van der Waals surface area contributed by atoms with E-state index < -0.39 is 10.0 Å². The average Bonchev–Trinajstić information content (AvgIpc) is 2.53. The van der Waals surface area contributed by atoms with Gasteiger partial charge in [0.15, 0.2) is 0 Å². The number of hydrogen-bond acceptors (Lipinski definition) is 5. The molecule has 1 aromatic rings. The van der Waals surface area contributed by atoms with Crippen LogP contribution in [0.3, 0.4) is 0 Å². The Labute approximate surface area is 126 Å². The van der Waals surface area contributed by atoms with Crippen molar-refractivity contribution in [3.63, 3.8) is 0 Å². The molecule has 0 aromatic heterocycles. The van der Waals surface area contributed by atoms with E-state index in [0.717, 1.165) is 11.4 Å². The summed E-state index contributed by atoms with van der Waals surface area (Å²) in [5.74, 6) is 0.972. The van der Waals surface area contributed by atoms with Gasteiger partial charge in [-0.25, -0.2) is 8.42 Å². The smallest absolute Gasteiger partial charge is 0.215 e. The number of nitrogens with one attached hydrogen (secondary N) is 1. The zero-order chi connectivity index (χ0) is 15.3. The Morgan fingerprint density at radius 1 is 1.24 bits per heavy atom. The van der Waals surface area contributed by atoms with Gasteiger partial charge in [-0.3, -0.25) is 0 Å². The first-order valence-corrected chi connectivity index (χ1v) is 8.69. The van der Waals surface area contributed by atoms with Crippen LogP contribution in [0.1, 0.15) is 0 Å². The van der Waals surface area contributed by atoms with Crippen molar-refractivity contribution in [2.75, 3.05) is 57.5 Å². The van der Waals surface area contributed by atoms with Crippen molar-refractivity contribution in [3.8, 4) is 5.75 Å². The normalized spacial score (nSPS) is 17.0. The fraction of sp³-hybridized carbons (Fsp3) is 0.571. The summed E-state index contributed by atoms with van der Waals surface area (Å²) < 4.78 is 31.1. The molecule has 0 unspecified atom stereocenters. The first-order valence-electron chi connectivity index (χ1n) is 7.08. The van der Waals surface area contributed by atoms with Crippen LogP contribution in [0, 0.1) is 0 Å². The van der Waals surface area contributed by atoms with Crippen molar-refractivity contribution in [2.45, 2.75) is 0 Å². The van der Waals surface area contributed by atoms with Crippen LogP contribution in [-0.4, -0.2) is 65.4 Å². The molecule has 1 heterocycles. The Balaban J connectivity index is 1.96. The number of nitrogens with zero attached hydrogens (tertiary/aromatic N) is 2. The van der Waals surface area contributed by atoms with Gasteiger partial charge in [0.2, 0.25) is 10.0 Å². The molecule has 0 bridgehead atoms. The lowest BCUT2D eigenvalue weighted by molar-refractivity contribution is 0.383. The summed E-state index contributed by atoms with van der Waals surface area (Å²) in [5, 5.41) is 2.88. The van der Waals surface area contributed by atoms with E-state index in [9.17, 15) is 8.42 Å². The van der Waals surface area contributed by atoms with Crippen LogP contribution in [-0.2, 0) is 10.0 Å². The van der Waals surface area contributed by atoms with Crippen LogP contribution in [0.2, 0.25) is 0 Å². The summed E-state index contributed by atoms with van der Waals surface area (Å²) in [6, 6.07) is 7.85. The van der Waals surface area contributed by atoms with E-state index in [-0.39, 0.29) is 5.75 Å². The van der Waals surface area contributed by atoms with E-state index in [1.54, 1.807) is 18.5 Å². The number of hydrogen-bond donors (Lipinski definition) is 1. The average molecular weight is 313 g/mol. The summed E-state index contributed by atoms with van der Waals surface area (Å²) in [4.78, 5) is 2.19. The third-order valence-electron chi connectivity index (χ3n) is 3.66. The lowest BCUT2D eigenvalue weighted by Crippen LogP contribution is -2.49. The zero-order valence-corrected chi connectivity index (χ0v) is 13.4. The van der Waals surface area contributed by atoms with Crippen molar-refractivity contribution in [1.82, 2.24) is 9.62 Å². The molecular formula is C14H23N3O3S. The molecule has 1 aliphatic heterocycles. The van der Waals surface area contributed by atoms with E-state index in [4.69, 9.17) is 4.74 Å². The predicted molar refractivity (Wildman–Crippen MR) is 84.5 cm³/mol.